The minimum Gasteiger partial charge on any atom is -0.382 e. The van der Waals surface area contributed by atoms with Gasteiger partial charge in [-0.2, -0.15) is 4.37 Å². The number of hydrogen-bond acceptors (Lipinski definition) is 6. The maximum atomic E-state index is 12.2. The zero-order valence-corrected chi connectivity index (χ0v) is 12.9. The standard InChI is InChI=1S/C13H22N4O2S/c1-7(2)15-12(18)10-11(14)17-20-13(10)16-8(3)9-5-4-6-19-9/h7-9,16H,4-6H2,1-3H3,(H2,14,17)(H,15,18). The van der Waals surface area contributed by atoms with Gasteiger partial charge in [-0.3, -0.25) is 4.79 Å². The Labute approximate surface area is 123 Å². The number of nitrogens with two attached hydrogens (primary N) is 1. The van der Waals surface area contributed by atoms with Gasteiger partial charge >= 0.3 is 0 Å². The van der Waals surface area contributed by atoms with Crippen molar-refractivity contribution in [3.63, 3.8) is 0 Å². The zero-order valence-electron chi connectivity index (χ0n) is 12.1. The number of ether oxygens (including phenoxy) is 1. The number of nitrogens with zero attached hydrogens (tertiary/aromatic N) is 1. The van der Waals surface area contributed by atoms with Gasteiger partial charge in [0.1, 0.15) is 10.6 Å². The Morgan fingerprint density at radius 3 is 2.85 bits per heavy atom. The Bertz CT molecular complexity index is 469. The predicted octanol–water partition coefficient (Wildman–Crippen LogP) is 1.84. The van der Waals surface area contributed by atoms with Crippen LogP contribution in [-0.4, -0.2) is 35.1 Å². The number of aromatic nitrogens is 1. The van der Waals surface area contributed by atoms with Crippen molar-refractivity contribution in [2.75, 3.05) is 17.7 Å². The summed E-state index contributed by atoms with van der Waals surface area (Å²) in [4.78, 5) is 12.2. The third-order valence-corrected chi connectivity index (χ3v) is 4.04. The Balaban J connectivity index is 2.09. The summed E-state index contributed by atoms with van der Waals surface area (Å²) >= 11 is 1.22. The highest BCUT2D eigenvalue weighted by Crippen LogP contribution is 2.29. The van der Waals surface area contributed by atoms with Crippen LogP contribution in [0.4, 0.5) is 10.8 Å². The SMILES string of the molecule is CC(C)NC(=O)c1c(N)nsc1NC(C)C1CCCO1. The van der Waals surface area contributed by atoms with Crippen LogP contribution in [0.5, 0.6) is 0 Å². The average molecular weight is 298 g/mol. The van der Waals surface area contributed by atoms with Gasteiger partial charge in [0, 0.05) is 12.6 Å². The van der Waals surface area contributed by atoms with E-state index in [1.165, 1.54) is 11.5 Å². The molecule has 0 radical (unpaired) electrons. The highest BCUT2D eigenvalue weighted by Gasteiger charge is 2.26. The molecule has 1 saturated heterocycles. The number of rotatable bonds is 5. The van der Waals surface area contributed by atoms with Crippen molar-refractivity contribution in [1.82, 2.24) is 9.69 Å². The van der Waals surface area contributed by atoms with Crippen LogP contribution in [0.1, 0.15) is 44.0 Å². The molecule has 1 aromatic rings. The first-order valence-electron chi connectivity index (χ1n) is 6.93. The smallest absolute Gasteiger partial charge is 0.258 e. The van der Waals surface area contributed by atoms with Crippen LogP contribution in [0, 0.1) is 0 Å². The van der Waals surface area contributed by atoms with E-state index in [1.54, 1.807) is 0 Å². The second-order valence-corrected chi connectivity index (χ2v) is 6.16. The molecule has 0 spiro atoms. The summed E-state index contributed by atoms with van der Waals surface area (Å²) in [7, 11) is 0. The van der Waals surface area contributed by atoms with E-state index >= 15 is 0 Å². The quantitative estimate of drug-likeness (QED) is 0.772. The molecule has 1 aliphatic rings. The normalized spacial score (nSPS) is 20.1. The molecule has 0 aromatic carbocycles. The fourth-order valence-electron chi connectivity index (χ4n) is 2.25. The molecule has 2 unspecified atom stereocenters. The number of nitrogen functional groups attached to an aromatic ring is 1. The third-order valence-electron chi connectivity index (χ3n) is 3.25. The van der Waals surface area contributed by atoms with E-state index in [-0.39, 0.29) is 29.9 Å². The second-order valence-electron chi connectivity index (χ2n) is 5.38. The first-order valence-corrected chi connectivity index (χ1v) is 7.70. The van der Waals surface area contributed by atoms with E-state index in [1.807, 2.05) is 13.8 Å². The van der Waals surface area contributed by atoms with Crippen molar-refractivity contribution in [3.8, 4) is 0 Å². The molecule has 7 heteroatoms. The topological polar surface area (TPSA) is 89.3 Å². The fourth-order valence-corrected chi connectivity index (χ4v) is 3.06. The fraction of sp³-hybridized carbons (Fsp3) is 0.692. The van der Waals surface area contributed by atoms with E-state index < -0.39 is 0 Å². The van der Waals surface area contributed by atoms with Crippen molar-refractivity contribution in [2.24, 2.45) is 0 Å². The van der Waals surface area contributed by atoms with E-state index in [9.17, 15) is 4.79 Å². The predicted molar refractivity (Wildman–Crippen MR) is 81.2 cm³/mol. The molecule has 2 atom stereocenters. The van der Waals surface area contributed by atoms with Crippen LogP contribution in [0.25, 0.3) is 0 Å². The molecule has 6 nitrogen and oxygen atoms in total. The Kier molecular flexibility index (Phi) is 4.82. The molecule has 20 heavy (non-hydrogen) atoms. The largest absolute Gasteiger partial charge is 0.382 e. The maximum absolute atomic E-state index is 12.2. The summed E-state index contributed by atoms with van der Waals surface area (Å²) < 4.78 is 9.73. The van der Waals surface area contributed by atoms with Gasteiger partial charge in [0.25, 0.3) is 5.91 Å². The van der Waals surface area contributed by atoms with Gasteiger partial charge in [-0.05, 0) is 45.1 Å². The first-order chi connectivity index (χ1) is 9.49. The number of hydrogen-bond donors (Lipinski definition) is 3. The lowest BCUT2D eigenvalue weighted by Crippen LogP contribution is -2.33. The summed E-state index contributed by atoms with van der Waals surface area (Å²) in [6, 6.07) is 0.188. The molecule has 112 valence electrons. The van der Waals surface area contributed by atoms with E-state index in [0.29, 0.717) is 10.6 Å². The zero-order chi connectivity index (χ0) is 14.7. The molecule has 1 aliphatic heterocycles. The van der Waals surface area contributed by atoms with Crippen LogP contribution >= 0.6 is 11.5 Å². The van der Waals surface area contributed by atoms with Crippen molar-refractivity contribution < 1.29 is 9.53 Å². The minimum atomic E-state index is -0.187. The van der Waals surface area contributed by atoms with E-state index in [0.717, 1.165) is 19.4 Å². The van der Waals surface area contributed by atoms with Crippen LogP contribution < -0.4 is 16.4 Å². The van der Waals surface area contributed by atoms with Crippen LogP contribution in [-0.2, 0) is 4.74 Å². The highest BCUT2D eigenvalue weighted by molar-refractivity contribution is 7.11. The highest BCUT2D eigenvalue weighted by atomic mass is 32.1. The number of amides is 1. The third kappa shape index (κ3) is 3.40. The lowest BCUT2D eigenvalue weighted by Gasteiger charge is -2.20. The molecule has 2 rings (SSSR count). The average Bonchev–Trinajstić information content (AvgIpc) is 2.98. The van der Waals surface area contributed by atoms with Gasteiger partial charge in [-0.1, -0.05) is 0 Å². The summed E-state index contributed by atoms with van der Waals surface area (Å²) in [6.45, 7) is 6.68. The Hall–Kier alpha value is -1.34. The molecule has 1 amide bonds. The molecule has 2 heterocycles. The van der Waals surface area contributed by atoms with Gasteiger partial charge in [0.15, 0.2) is 5.82 Å². The van der Waals surface area contributed by atoms with E-state index in [2.05, 4.69) is 21.9 Å². The molecule has 0 bridgehead atoms. The van der Waals surface area contributed by atoms with Crippen molar-refractivity contribution in [3.05, 3.63) is 5.56 Å². The molecule has 1 fully saturated rings. The van der Waals surface area contributed by atoms with Crippen LogP contribution in [0.2, 0.25) is 0 Å². The number of carbonyl (C=O) groups excluding carboxylic acids is 1. The molecule has 0 aliphatic carbocycles. The molecule has 0 saturated carbocycles. The maximum Gasteiger partial charge on any atom is 0.258 e. The van der Waals surface area contributed by atoms with Gasteiger partial charge in [-0.25, -0.2) is 0 Å². The van der Waals surface area contributed by atoms with Crippen molar-refractivity contribution in [2.45, 2.75) is 51.8 Å². The Morgan fingerprint density at radius 2 is 2.25 bits per heavy atom. The molecular formula is C13H22N4O2S. The van der Waals surface area contributed by atoms with Crippen molar-refractivity contribution >= 4 is 28.3 Å². The first kappa shape index (κ1) is 15.1. The lowest BCUT2D eigenvalue weighted by atomic mass is 10.1. The molecule has 4 N–H and O–H groups in total. The van der Waals surface area contributed by atoms with Crippen molar-refractivity contribution in [1.29, 1.82) is 0 Å². The number of anilines is 2. The van der Waals surface area contributed by atoms with E-state index in [4.69, 9.17) is 10.5 Å². The summed E-state index contributed by atoms with van der Waals surface area (Å²) in [5, 5.41) is 6.87. The molecule has 1 aromatic heterocycles. The van der Waals surface area contributed by atoms with Gasteiger partial charge in [-0.15, -0.1) is 0 Å². The molecular weight excluding hydrogens is 276 g/mol. The monoisotopic (exact) mass is 298 g/mol. The second kappa shape index (κ2) is 6.41. The summed E-state index contributed by atoms with van der Waals surface area (Å²) in [6.07, 6.45) is 2.30. The minimum absolute atomic E-state index is 0.0604. The Morgan fingerprint density at radius 1 is 1.50 bits per heavy atom. The summed E-state index contributed by atoms with van der Waals surface area (Å²) in [5.74, 6) is 0.0866. The lowest BCUT2D eigenvalue weighted by molar-refractivity contribution is 0.0941. The van der Waals surface area contributed by atoms with Gasteiger partial charge in [0.05, 0.1) is 12.1 Å². The van der Waals surface area contributed by atoms with Gasteiger partial charge in [0.2, 0.25) is 0 Å². The summed E-state index contributed by atoms with van der Waals surface area (Å²) in [5.41, 5.74) is 6.25. The van der Waals surface area contributed by atoms with Crippen LogP contribution in [0.15, 0.2) is 0 Å². The van der Waals surface area contributed by atoms with Crippen LogP contribution in [0.3, 0.4) is 0 Å². The number of carbonyl (C=O) groups is 1. The van der Waals surface area contributed by atoms with Gasteiger partial charge < -0.3 is 21.1 Å². The number of nitrogens with one attached hydrogen (secondary N) is 2.